The van der Waals surface area contributed by atoms with E-state index in [1.54, 1.807) is 0 Å². The van der Waals surface area contributed by atoms with Crippen LogP contribution >= 0.6 is 23.2 Å². The van der Waals surface area contributed by atoms with Gasteiger partial charge in [0.1, 0.15) is 12.4 Å². The molecule has 0 atom stereocenters. The molecule has 0 fully saturated rings. The van der Waals surface area contributed by atoms with E-state index in [1.165, 1.54) is 0 Å². The third-order valence-electron chi connectivity index (χ3n) is 3.02. The molecule has 2 rings (SSSR count). The topological polar surface area (TPSA) is 21.3 Å². The summed E-state index contributed by atoms with van der Waals surface area (Å²) in [6.45, 7) is 5.29. The van der Waals surface area contributed by atoms with E-state index in [0.29, 0.717) is 13.2 Å². The van der Waals surface area contributed by atoms with Gasteiger partial charge in [0.05, 0.1) is 0 Å². The number of ether oxygens (including phenoxy) is 1. The number of halogens is 2. The molecule has 0 radical (unpaired) electrons. The van der Waals surface area contributed by atoms with Gasteiger partial charge in [-0.3, -0.25) is 0 Å². The van der Waals surface area contributed by atoms with Crippen LogP contribution in [0, 0.1) is 13.8 Å². The van der Waals surface area contributed by atoms with Crippen molar-refractivity contribution in [3.05, 3.63) is 57.6 Å². The lowest BCUT2D eigenvalue weighted by Gasteiger charge is -2.11. The van der Waals surface area contributed by atoms with E-state index in [9.17, 15) is 0 Å². The highest BCUT2D eigenvalue weighted by Crippen LogP contribution is 2.22. The van der Waals surface area contributed by atoms with Crippen LogP contribution in [0.4, 0.5) is 5.69 Å². The summed E-state index contributed by atoms with van der Waals surface area (Å²) >= 11 is 11.9. The monoisotopic (exact) mass is 309 g/mol. The standard InChI is InChI=1S/C16H17Cl2NO/c1-11-3-4-13(17)10-16(11)19-7-8-20-14-5-6-15(18)12(2)9-14/h3-6,9-10,19H,7-8H2,1-2H3. The van der Waals surface area contributed by atoms with Gasteiger partial charge in [-0.1, -0.05) is 29.3 Å². The van der Waals surface area contributed by atoms with Gasteiger partial charge >= 0.3 is 0 Å². The van der Waals surface area contributed by atoms with Gasteiger partial charge in [-0.2, -0.15) is 0 Å². The fraction of sp³-hybridized carbons (Fsp3) is 0.250. The van der Waals surface area contributed by atoms with Gasteiger partial charge in [0, 0.05) is 22.3 Å². The first-order valence-corrected chi connectivity index (χ1v) is 7.21. The second kappa shape index (κ2) is 6.87. The van der Waals surface area contributed by atoms with Crippen molar-refractivity contribution in [2.24, 2.45) is 0 Å². The van der Waals surface area contributed by atoms with Crippen molar-refractivity contribution in [3.63, 3.8) is 0 Å². The second-order valence-corrected chi connectivity index (χ2v) is 5.49. The molecule has 0 aliphatic heterocycles. The molecule has 0 aliphatic carbocycles. The average molecular weight is 310 g/mol. The normalized spacial score (nSPS) is 10.4. The van der Waals surface area contributed by atoms with Crippen LogP contribution < -0.4 is 10.1 Å². The minimum atomic E-state index is 0.576. The van der Waals surface area contributed by atoms with Gasteiger partial charge in [0.25, 0.3) is 0 Å². The molecule has 2 aromatic carbocycles. The van der Waals surface area contributed by atoms with Crippen molar-refractivity contribution in [1.29, 1.82) is 0 Å². The molecule has 0 saturated heterocycles. The Labute approximate surface area is 129 Å². The molecule has 106 valence electrons. The van der Waals surface area contributed by atoms with Crippen LogP contribution in [-0.4, -0.2) is 13.2 Å². The van der Waals surface area contributed by atoms with Crippen molar-refractivity contribution >= 4 is 28.9 Å². The molecule has 0 bridgehead atoms. The average Bonchev–Trinajstić information content (AvgIpc) is 2.42. The molecule has 0 amide bonds. The molecule has 4 heteroatoms. The zero-order valence-corrected chi connectivity index (χ0v) is 13.1. The maximum atomic E-state index is 5.97. The van der Waals surface area contributed by atoms with E-state index in [2.05, 4.69) is 5.32 Å². The maximum absolute atomic E-state index is 5.97. The highest BCUT2D eigenvalue weighted by Gasteiger charge is 2.00. The van der Waals surface area contributed by atoms with Crippen molar-refractivity contribution in [1.82, 2.24) is 0 Å². The minimum Gasteiger partial charge on any atom is -0.492 e. The summed E-state index contributed by atoms with van der Waals surface area (Å²) in [6, 6.07) is 11.5. The number of rotatable bonds is 5. The molecule has 2 nitrogen and oxygen atoms in total. The highest BCUT2D eigenvalue weighted by atomic mass is 35.5. The van der Waals surface area contributed by atoms with E-state index in [4.69, 9.17) is 27.9 Å². The van der Waals surface area contributed by atoms with Crippen LogP contribution in [0.1, 0.15) is 11.1 Å². The lowest BCUT2D eigenvalue weighted by molar-refractivity contribution is 0.332. The Morgan fingerprint density at radius 1 is 1.00 bits per heavy atom. The third kappa shape index (κ3) is 4.06. The number of hydrogen-bond donors (Lipinski definition) is 1. The first-order chi connectivity index (χ1) is 9.56. The Kier molecular flexibility index (Phi) is 5.16. The summed E-state index contributed by atoms with van der Waals surface area (Å²) in [6.07, 6.45) is 0. The summed E-state index contributed by atoms with van der Waals surface area (Å²) in [4.78, 5) is 0. The SMILES string of the molecule is Cc1cc(OCCNc2cc(Cl)ccc2C)ccc1Cl. The fourth-order valence-corrected chi connectivity index (χ4v) is 2.14. The molecule has 0 heterocycles. The lowest BCUT2D eigenvalue weighted by Crippen LogP contribution is -2.12. The van der Waals surface area contributed by atoms with Crippen molar-refractivity contribution < 1.29 is 4.74 Å². The van der Waals surface area contributed by atoms with Crippen molar-refractivity contribution in [2.75, 3.05) is 18.5 Å². The van der Waals surface area contributed by atoms with Gasteiger partial charge in [-0.25, -0.2) is 0 Å². The van der Waals surface area contributed by atoms with Crippen LogP contribution in [0.15, 0.2) is 36.4 Å². The molecule has 0 aromatic heterocycles. The largest absolute Gasteiger partial charge is 0.492 e. The smallest absolute Gasteiger partial charge is 0.119 e. The predicted octanol–water partition coefficient (Wildman–Crippen LogP) is 5.10. The zero-order valence-electron chi connectivity index (χ0n) is 11.5. The Balaban J connectivity index is 1.84. The number of aryl methyl sites for hydroxylation is 2. The van der Waals surface area contributed by atoms with Crippen LogP contribution in [0.2, 0.25) is 10.0 Å². The van der Waals surface area contributed by atoms with Crippen LogP contribution in [0.3, 0.4) is 0 Å². The van der Waals surface area contributed by atoms with Crippen LogP contribution in [0.5, 0.6) is 5.75 Å². The van der Waals surface area contributed by atoms with Crippen LogP contribution in [-0.2, 0) is 0 Å². The Morgan fingerprint density at radius 3 is 2.55 bits per heavy atom. The zero-order chi connectivity index (χ0) is 14.5. The van der Waals surface area contributed by atoms with E-state index < -0.39 is 0 Å². The van der Waals surface area contributed by atoms with E-state index in [1.807, 2.05) is 50.2 Å². The van der Waals surface area contributed by atoms with Crippen molar-refractivity contribution in [3.8, 4) is 5.75 Å². The molecule has 2 aromatic rings. The molecular weight excluding hydrogens is 293 g/mol. The Bertz CT molecular complexity index is 599. The fourth-order valence-electron chi connectivity index (χ4n) is 1.85. The quantitative estimate of drug-likeness (QED) is 0.776. The molecule has 0 spiro atoms. The van der Waals surface area contributed by atoms with E-state index in [-0.39, 0.29) is 0 Å². The number of anilines is 1. The highest BCUT2D eigenvalue weighted by molar-refractivity contribution is 6.31. The molecule has 0 aliphatic rings. The Morgan fingerprint density at radius 2 is 1.80 bits per heavy atom. The number of benzene rings is 2. The lowest BCUT2D eigenvalue weighted by atomic mass is 10.2. The minimum absolute atomic E-state index is 0.576. The summed E-state index contributed by atoms with van der Waals surface area (Å²) in [5.41, 5.74) is 3.22. The van der Waals surface area contributed by atoms with E-state index in [0.717, 1.165) is 32.6 Å². The number of hydrogen-bond acceptors (Lipinski definition) is 2. The first-order valence-electron chi connectivity index (χ1n) is 6.45. The summed E-state index contributed by atoms with van der Waals surface area (Å²) in [5.74, 6) is 0.830. The first kappa shape index (κ1) is 15.0. The maximum Gasteiger partial charge on any atom is 0.119 e. The number of nitrogens with one attached hydrogen (secondary N) is 1. The van der Waals surface area contributed by atoms with E-state index >= 15 is 0 Å². The second-order valence-electron chi connectivity index (χ2n) is 4.65. The molecule has 0 saturated carbocycles. The van der Waals surface area contributed by atoms with Gasteiger partial charge in [-0.05, 0) is 55.3 Å². The van der Waals surface area contributed by atoms with Crippen LogP contribution in [0.25, 0.3) is 0 Å². The van der Waals surface area contributed by atoms with Crippen molar-refractivity contribution in [2.45, 2.75) is 13.8 Å². The molecule has 1 N–H and O–H groups in total. The van der Waals surface area contributed by atoms with Gasteiger partial charge in [0.15, 0.2) is 0 Å². The molecule has 20 heavy (non-hydrogen) atoms. The van der Waals surface area contributed by atoms with Gasteiger partial charge in [-0.15, -0.1) is 0 Å². The van der Waals surface area contributed by atoms with Gasteiger partial charge in [0.2, 0.25) is 0 Å². The third-order valence-corrected chi connectivity index (χ3v) is 3.67. The van der Waals surface area contributed by atoms with Gasteiger partial charge < -0.3 is 10.1 Å². The Hall–Kier alpha value is -1.38. The summed E-state index contributed by atoms with van der Waals surface area (Å²) in [5, 5.41) is 4.80. The summed E-state index contributed by atoms with van der Waals surface area (Å²) in [7, 11) is 0. The molecular formula is C16H17Cl2NO. The summed E-state index contributed by atoms with van der Waals surface area (Å²) < 4.78 is 5.68. The predicted molar refractivity (Wildman–Crippen MR) is 86.4 cm³/mol. The molecule has 0 unspecified atom stereocenters.